The molecule has 4 heteroatoms. The van der Waals surface area contributed by atoms with Gasteiger partial charge in [-0.15, -0.1) is 6.42 Å². The van der Waals surface area contributed by atoms with Crippen LogP contribution in [0.3, 0.4) is 0 Å². The number of halogens is 2. The Hall–Kier alpha value is 0.214. The Morgan fingerprint density at radius 2 is 1.86 bits per heavy atom. The molecular weight excluding hydrogens is 351 g/mol. The van der Waals surface area contributed by atoms with Gasteiger partial charge in [-0.2, -0.15) is 6.08 Å². The number of ether oxygens (including phenoxy) is 1. The SMILES string of the molecule is CC1=CC=CCC1(OC(C)C)C(C)(C)C1=[C-]CC=C1.[Cl-].[Cl-].[Ti+3]. The molecule has 1 atom stereocenters. The number of hydrogen-bond donors (Lipinski definition) is 0. The van der Waals surface area contributed by atoms with Gasteiger partial charge in [0, 0.05) is 0 Å². The van der Waals surface area contributed by atoms with E-state index in [4.69, 9.17) is 4.74 Å². The number of hydrogen-bond acceptors (Lipinski definition) is 1. The van der Waals surface area contributed by atoms with Crippen LogP contribution in [0.1, 0.15) is 47.5 Å². The fourth-order valence-electron chi connectivity index (χ4n) is 3.23. The topological polar surface area (TPSA) is 9.23 Å². The molecule has 0 aromatic carbocycles. The Bertz CT molecular complexity index is 475. The molecular formula is C18H25Cl2OTi. The van der Waals surface area contributed by atoms with E-state index in [1.54, 1.807) is 0 Å². The first kappa shape index (κ1) is 24.5. The fraction of sp³-hybridized carbons (Fsp3) is 0.556. The molecule has 0 spiro atoms. The molecule has 1 nitrogen and oxygen atoms in total. The summed E-state index contributed by atoms with van der Waals surface area (Å²) in [7, 11) is 0. The van der Waals surface area contributed by atoms with Gasteiger partial charge in [0.05, 0.1) is 11.7 Å². The maximum atomic E-state index is 6.45. The minimum Gasteiger partial charge on any atom is -1.00 e. The summed E-state index contributed by atoms with van der Waals surface area (Å²) in [5.41, 5.74) is 2.25. The van der Waals surface area contributed by atoms with E-state index in [0.717, 1.165) is 12.8 Å². The largest absolute Gasteiger partial charge is 3.00 e. The van der Waals surface area contributed by atoms with Gasteiger partial charge in [-0.25, -0.2) is 11.6 Å². The Morgan fingerprint density at radius 3 is 2.32 bits per heavy atom. The van der Waals surface area contributed by atoms with Crippen molar-refractivity contribution in [2.45, 2.75) is 59.2 Å². The van der Waals surface area contributed by atoms with E-state index in [9.17, 15) is 0 Å². The van der Waals surface area contributed by atoms with E-state index in [-0.39, 0.29) is 63.7 Å². The van der Waals surface area contributed by atoms with Crippen molar-refractivity contribution in [1.29, 1.82) is 0 Å². The van der Waals surface area contributed by atoms with E-state index in [1.807, 2.05) is 0 Å². The number of allylic oxidation sites excluding steroid dienone is 5. The van der Waals surface area contributed by atoms with Crippen LogP contribution < -0.4 is 24.8 Å². The second-order valence-electron chi connectivity index (χ2n) is 6.30. The van der Waals surface area contributed by atoms with Crippen LogP contribution in [-0.2, 0) is 26.5 Å². The van der Waals surface area contributed by atoms with Crippen molar-refractivity contribution in [3.05, 3.63) is 47.6 Å². The van der Waals surface area contributed by atoms with E-state index in [1.165, 1.54) is 11.1 Å². The summed E-state index contributed by atoms with van der Waals surface area (Å²) in [5, 5.41) is 0. The van der Waals surface area contributed by atoms with Crippen LogP contribution in [0, 0.1) is 11.5 Å². The van der Waals surface area contributed by atoms with E-state index < -0.39 is 0 Å². The molecule has 2 aliphatic carbocycles. The zero-order chi connectivity index (χ0) is 14.1. The van der Waals surface area contributed by atoms with Crippen LogP contribution in [0.2, 0.25) is 0 Å². The van der Waals surface area contributed by atoms with E-state index in [2.05, 4.69) is 71.1 Å². The normalized spacial score (nSPS) is 23.2. The van der Waals surface area contributed by atoms with Gasteiger partial charge >= 0.3 is 21.7 Å². The van der Waals surface area contributed by atoms with Gasteiger partial charge in [-0.1, -0.05) is 32.1 Å². The molecule has 0 saturated carbocycles. The average Bonchev–Trinajstić information content (AvgIpc) is 2.85. The molecule has 0 N–H and O–H groups in total. The molecule has 1 unspecified atom stereocenters. The van der Waals surface area contributed by atoms with Gasteiger partial charge in [-0.3, -0.25) is 6.08 Å². The molecule has 121 valence electrons. The van der Waals surface area contributed by atoms with Gasteiger partial charge in [0.15, 0.2) is 0 Å². The molecule has 0 aromatic rings. The van der Waals surface area contributed by atoms with Crippen molar-refractivity contribution in [3.63, 3.8) is 0 Å². The Labute approximate surface area is 163 Å². The maximum Gasteiger partial charge on any atom is 3.00 e. The van der Waals surface area contributed by atoms with Crippen molar-refractivity contribution in [2.75, 3.05) is 0 Å². The predicted octanol–water partition coefficient (Wildman–Crippen LogP) is -1.22. The minimum atomic E-state index is -0.257. The first-order chi connectivity index (χ1) is 8.90. The molecule has 0 aromatic heterocycles. The Balaban J connectivity index is 0. The average molecular weight is 376 g/mol. The predicted molar refractivity (Wildman–Crippen MR) is 80.8 cm³/mol. The second-order valence-corrected chi connectivity index (χ2v) is 6.30. The smallest absolute Gasteiger partial charge is 1.00 e. The Morgan fingerprint density at radius 1 is 1.23 bits per heavy atom. The molecule has 0 fully saturated rings. The first-order valence-electron chi connectivity index (χ1n) is 7.20. The third kappa shape index (κ3) is 4.39. The van der Waals surface area contributed by atoms with E-state index in [0.29, 0.717) is 0 Å². The summed E-state index contributed by atoms with van der Waals surface area (Å²) in [6, 6.07) is 0. The minimum absolute atomic E-state index is 0. The van der Waals surface area contributed by atoms with Crippen molar-refractivity contribution < 1.29 is 51.3 Å². The number of rotatable bonds is 4. The molecule has 22 heavy (non-hydrogen) atoms. The van der Waals surface area contributed by atoms with Crippen molar-refractivity contribution >= 4 is 0 Å². The summed E-state index contributed by atoms with van der Waals surface area (Å²) in [5.74, 6) is 0. The molecule has 0 aliphatic heterocycles. The molecule has 2 rings (SSSR count). The van der Waals surface area contributed by atoms with Crippen LogP contribution in [0.4, 0.5) is 0 Å². The molecule has 1 radical (unpaired) electrons. The maximum absolute atomic E-state index is 6.45. The van der Waals surface area contributed by atoms with Crippen LogP contribution in [-0.4, -0.2) is 11.7 Å². The third-order valence-corrected chi connectivity index (χ3v) is 4.34. The summed E-state index contributed by atoms with van der Waals surface area (Å²) in [4.78, 5) is 0. The van der Waals surface area contributed by atoms with Crippen LogP contribution in [0.5, 0.6) is 0 Å². The van der Waals surface area contributed by atoms with Gasteiger partial charge in [-0.05, 0) is 38.2 Å². The molecule has 0 heterocycles. The summed E-state index contributed by atoms with van der Waals surface area (Å²) < 4.78 is 6.45. The van der Waals surface area contributed by atoms with Crippen LogP contribution in [0.25, 0.3) is 0 Å². The summed E-state index contributed by atoms with van der Waals surface area (Å²) in [6.45, 7) is 11.0. The van der Waals surface area contributed by atoms with Gasteiger partial charge in [0.2, 0.25) is 0 Å². The quantitative estimate of drug-likeness (QED) is 0.442. The monoisotopic (exact) mass is 375 g/mol. The zero-order valence-corrected chi connectivity index (χ0v) is 17.1. The second kappa shape index (κ2) is 9.50. The Kier molecular flexibility index (Phi) is 10.6. The van der Waals surface area contributed by atoms with Crippen molar-refractivity contribution in [1.82, 2.24) is 0 Å². The third-order valence-electron chi connectivity index (χ3n) is 4.34. The van der Waals surface area contributed by atoms with Crippen molar-refractivity contribution in [3.8, 4) is 0 Å². The van der Waals surface area contributed by atoms with Gasteiger partial charge in [0.25, 0.3) is 0 Å². The standard InChI is InChI=1S/C18H25O.2ClH.Ti/c1-14(2)19-18(13-9-8-10-15(18)3)17(4,5)16-11-6-7-12-16;;;/h6,8-11,14H,7,13H2,1-5H3;2*1H;/q-1;;;+3/p-2. The molecule has 0 amide bonds. The summed E-state index contributed by atoms with van der Waals surface area (Å²) in [6.07, 6.45) is 16.5. The van der Waals surface area contributed by atoms with Crippen LogP contribution in [0.15, 0.2) is 41.5 Å². The zero-order valence-electron chi connectivity index (χ0n) is 14.0. The van der Waals surface area contributed by atoms with Gasteiger partial charge in [0.1, 0.15) is 0 Å². The van der Waals surface area contributed by atoms with Crippen LogP contribution >= 0.6 is 0 Å². The first-order valence-corrected chi connectivity index (χ1v) is 7.20. The molecule has 0 bridgehead atoms. The summed E-state index contributed by atoms with van der Waals surface area (Å²) >= 11 is 0. The fourth-order valence-corrected chi connectivity index (χ4v) is 3.23. The van der Waals surface area contributed by atoms with E-state index >= 15 is 0 Å². The molecule has 2 aliphatic rings. The molecule has 0 saturated heterocycles. The van der Waals surface area contributed by atoms with Gasteiger partial charge < -0.3 is 29.6 Å². The van der Waals surface area contributed by atoms with Crippen molar-refractivity contribution in [2.24, 2.45) is 5.41 Å².